The number of carbonyl (C=O) groups is 1. The first kappa shape index (κ1) is 16.8. The van der Waals surface area contributed by atoms with Crippen LogP contribution < -0.4 is 10.6 Å². The quantitative estimate of drug-likeness (QED) is 0.909. The maximum absolute atomic E-state index is 12.6. The van der Waals surface area contributed by atoms with Crippen LogP contribution in [0.4, 0.5) is 5.69 Å². The Labute approximate surface area is 134 Å². The largest absolute Gasteiger partial charge is 0.378 e. The van der Waals surface area contributed by atoms with Crippen molar-refractivity contribution in [1.82, 2.24) is 4.90 Å². The molecule has 0 bridgehead atoms. The van der Waals surface area contributed by atoms with Gasteiger partial charge in [0.2, 0.25) is 5.91 Å². The van der Waals surface area contributed by atoms with Gasteiger partial charge in [-0.1, -0.05) is 25.0 Å². The van der Waals surface area contributed by atoms with E-state index in [-0.39, 0.29) is 11.8 Å². The topological polar surface area (TPSA) is 49.6 Å². The molecule has 0 spiro atoms. The molecule has 4 nitrogen and oxygen atoms in total. The van der Waals surface area contributed by atoms with Crippen LogP contribution in [0.5, 0.6) is 0 Å². The highest BCUT2D eigenvalue weighted by Gasteiger charge is 2.20. The average Bonchev–Trinajstić information content (AvgIpc) is 2.81. The Kier molecular flexibility index (Phi) is 6.25. The van der Waals surface area contributed by atoms with Crippen LogP contribution in [0.3, 0.4) is 0 Å². The SMILES string of the molecule is CN(C)c1cccc(C(CN)CC(=O)N2CCCCCC2)c1. The molecule has 1 atom stereocenters. The molecule has 2 rings (SSSR count). The van der Waals surface area contributed by atoms with Gasteiger partial charge >= 0.3 is 0 Å². The van der Waals surface area contributed by atoms with Crippen molar-refractivity contribution < 1.29 is 4.79 Å². The second-order valence-electron chi connectivity index (χ2n) is 6.42. The van der Waals surface area contributed by atoms with E-state index < -0.39 is 0 Å². The number of anilines is 1. The highest BCUT2D eigenvalue weighted by molar-refractivity contribution is 5.77. The van der Waals surface area contributed by atoms with Crippen LogP contribution in [0.1, 0.15) is 43.6 Å². The van der Waals surface area contributed by atoms with Gasteiger partial charge in [0.25, 0.3) is 0 Å². The van der Waals surface area contributed by atoms with Crippen molar-refractivity contribution in [2.75, 3.05) is 38.6 Å². The molecule has 4 heteroatoms. The lowest BCUT2D eigenvalue weighted by molar-refractivity contribution is -0.131. The van der Waals surface area contributed by atoms with Crippen LogP contribution in [-0.4, -0.2) is 44.5 Å². The van der Waals surface area contributed by atoms with Crippen molar-refractivity contribution in [2.45, 2.75) is 38.0 Å². The molecule has 1 aliphatic rings. The lowest BCUT2D eigenvalue weighted by atomic mass is 9.94. The molecule has 2 N–H and O–H groups in total. The molecule has 0 aromatic heterocycles. The number of likely N-dealkylation sites (tertiary alicyclic amines) is 1. The first-order valence-corrected chi connectivity index (χ1v) is 8.37. The van der Waals surface area contributed by atoms with Gasteiger partial charge in [0, 0.05) is 45.2 Å². The fourth-order valence-electron chi connectivity index (χ4n) is 3.05. The molecular formula is C18H29N3O. The minimum atomic E-state index is 0.107. The van der Waals surface area contributed by atoms with E-state index in [0.717, 1.165) is 37.2 Å². The number of nitrogens with two attached hydrogens (primary N) is 1. The molecule has 0 saturated carbocycles. The van der Waals surface area contributed by atoms with Crippen LogP contribution in [0.25, 0.3) is 0 Å². The first-order chi connectivity index (χ1) is 10.6. The van der Waals surface area contributed by atoms with E-state index in [9.17, 15) is 4.79 Å². The van der Waals surface area contributed by atoms with Gasteiger partial charge < -0.3 is 15.5 Å². The molecule has 1 unspecified atom stereocenters. The van der Waals surface area contributed by atoms with Crippen LogP contribution in [0.2, 0.25) is 0 Å². The van der Waals surface area contributed by atoms with Crippen molar-refractivity contribution in [3.63, 3.8) is 0 Å². The Morgan fingerprint density at radius 3 is 2.50 bits per heavy atom. The summed E-state index contributed by atoms with van der Waals surface area (Å²) < 4.78 is 0. The second kappa shape index (κ2) is 8.18. The number of amides is 1. The van der Waals surface area contributed by atoms with E-state index in [1.165, 1.54) is 12.8 Å². The molecule has 1 fully saturated rings. The number of hydrogen-bond acceptors (Lipinski definition) is 3. The third kappa shape index (κ3) is 4.47. The number of nitrogens with zero attached hydrogens (tertiary/aromatic N) is 2. The zero-order valence-corrected chi connectivity index (χ0v) is 13.9. The molecule has 1 aromatic rings. The van der Waals surface area contributed by atoms with Crippen molar-refractivity contribution in [1.29, 1.82) is 0 Å². The predicted molar refractivity (Wildman–Crippen MR) is 92.2 cm³/mol. The van der Waals surface area contributed by atoms with Crippen LogP contribution in [0, 0.1) is 0 Å². The highest BCUT2D eigenvalue weighted by Crippen LogP contribution is 2.24. The Morgan fingerprint density at radius 2 is 1.91 bits per heavy atom. The molecule has 1 aliphatic heterocycles. The second-order valence-corrected chi connectivity index (χ2v) is 6.42. The van der Waals surface area contributed by atoms with Crippen LogP contribution in [0.15, 0.2) is 24.3 Å². The van der Waals surface area contributed by atoms with Crippen molar-refractivity contribution in [3.8, 4) is 0 Å². The van der Waals surface area contributed by atoms with Gasteiger partial charge in [-0.25, -0.2) is 0 Å². The molecular weight excluding hydrogens is 274 g/mol. The summed E-state index contributed by atoms with van der Waals surface area (Å²) >= 11 is 0. The molecule has 1 aromatic carbocycles. The molecule has 1 amide bonds. The minimum absolute atomic E-state index is 0.107. The zero-order valence-electron chi connectivity index (χ0n) is 13.9. The van der Waals surface area contributed by atoms with Gasteiger partial charge in [-0.05, 0) is 37.1 Å². The summed E-state index contributed by atoms with van der Waals surface area (Å²) in [7, 11) is 4.05. The summed E-state index contributed by atoms with van der Waals surface area (Å²) in [5.74, 6) is 0.364. The normalized spacial score (nSPS) is 17.0. The Balaban J connectivity index is 2.04. The van der Waals surface area contributed by atoms with E-state index >= 15 is 0 Å². The van der Waals surface area contributed by atoms with E-state index in [4.69, 9.17) is 5.73 Å². The lowest BCUT2D eigenvalue weighted by Gasteiger charge is -2.24. The van der Waals surface area contributed by atoms with Gasteiger partial charge in [0.15, 0.2) is 0 Å². The van der Waals surface area contributed by atoms with Gasteiger partial charge in [0.1, 0.15) is 0 Å². The number of benzene rings is 1. The highest BCUT2D eigenvalue weighted by atomic mass is 16.2. The number of hydrogen-bond donors (Lipinski definition) is 1. The molecule has 1 saturated heterocycles. The molecule has 22 heavy (non-hydrogen) atoms. The van der Waals surface area contributed by atoms with Gasteiger partial charge in [-0.15, -0.1) is 0 Å². The third-order valence-electron chi connectivity index (χ3n) is 4.52. The summed E-state index contributed by atoms with van der Waals surface area (Å²) in [5, 5.41) is 0. The van der Waals surface area contributed by atoms with E-state index in [1.54, 1.807) is 0 Å². The average molecular weight is 303 g/mol. The van der Waals surface area contributed by atoms with E-state index in [0.29, 0.717) is 13.0 Å². The van der Waals surface area contributed by atoms with E-state index in [1.807, 2.05) is 25.1 Å². The van der Waals surface area contributed by atoms with Gasteiger partial charge in [-0.2, -0.15) is 0 Å². The van der Waals surface area contributed by atoms with Crippen LogP contribution in [-0.2, 0) is 4.79 Å². The summed E-state index contributed by atoms with van der Waals surface area (Å²) in [6, 6.07) is 8.35. The summed E-state index contributed by atoms with van der Waals surface area (Å²) in [4.78, 5) is 16.7. The lowest BCUT2D eigenvalue weighted by Crippen LogP contribution is -2.33. The minimum Gasteiger partial charge on any atom is -0.378 e. The summed E-state index contributed by atoms with van der Waals surface area (Å²) in [6.07, 6.45) is 5.28. The molecule has 1 heterocycles. The Morgan fingerprint density at radius 1 is 1.23 bits per heavy atom. The van der Waals surface area contributed by atoms with Gasteiger partial charge in [0.05, 0.1) is 0 Å². The summed E-state index contributed by atoms with van der Waals surface area (Å²) in [5.41, 5.74) is 8.27. The monoisotopic (exact) mass is 303 g/mol. The standard InChI is InChI=1S/C18H29N3O/c1-20(2)17-9-7-8-15(12-17)16(14-19)13-18(22)21-10-5-3-4-6-11-21/h7-9,12,16H,3-6,10-11,13-14,19H2,1-2H3. The number of carbonyl (C=O) groups excluding carboxylic acids is 1. The maximum atomic E-state index is 12.6. The van der Waals surface area contributed by atoms with Crippen LogP contribution >= 0.6 is 0 Å². The van der Waals surface area contributed by atoms with Crippen molar-refractivity contribution in [3.05, 3.63) is 29.8 Å². The fourth-order valence-corrected chi connectivity index (χ4v) is 3.05. The third-order valence-corrected chi connectivity index (χ3v) is 4.52. The van der Waals surface area contributed by atoms with Gasteiger partial charge in [-0.3, -0.25) is 4.79 Å². The molecule has 122 valence electrons. The smallest absolute Gasteiger partial charge is 0.223 e. The molecule has 0 radical (unpaired) electrons. The zero-order chi connectivity index (χ0) is 15.9. The van der Waals surface area contributed by atoms with Crippen molar-refractivity contribution >= 4 is 11.6 Å². The Hall–Kier alpha value is -1.55. The first-order valence-electron chi connectivity index (χ1n) is 8.37. The molecule has 0 aliphatic carbocycles. The van der Waals surface area contributed by atoms with E-state index in [2.05, 4.69) is 23.1 Å². The Bertz CT molecular complexity index is 479. The fraction of sp³-hybridized carbons (Fsp3) is 0.611. The maximum Gasteiger partial charge on any atom is 0.223 e. The van der Waals surface area contributed by atoms with Crippen molar-refractivity contribution in [2.24, 2.45) is 5.73 Å². The number of rotatable bonds is 5. The predicted octanol–water partition coefficient (Wildman–Crippen LogP) is 2.59. The summed E-state index contributed by atoms with van der Waals surface area (Å²) in [6.45, 7) is 2.33.